The van der Waals surface area contributed by atoms with E-state index in [-0.39, 0.29) is 36.4 Å². The van der Waals surface area contributed by atoms with E-state index in [4.69, 9.17) is 0 Å². The van der Waals surface area contributed by atoms with Gasteiger partial charge in [-0.3, -0.25) is 24.6 Å². The van der Waals surface area contributed by atoms with Crippen LogP contribution >= 0.6 is 0 Å². The monoisotopic (exact) mass is 294 g/mol. The zero-order valence-electron chi connectivity index (χ0n) is 11.7. The molecule has 0 radical (unpaired) electrons. The molecule has 21 heavy (non-hydrogen) atoms. The Kier molecular flexibility index (Phi) is 4.02. The standard InChI is InChI=1S/C14H15FN2O4/c1-8(2)9-5-13(18)16(7-9)14(19)11-6-10(17(20)21)3-4-12(11)15/h3-4,6,8-9H,5,7H2,1-2H3. The molecule has 1 fully saturated rings. The van der Waals surface area contributed by atoms with Crippen LogP contribution in [0.15, 0.2) is 18.2 Å². The summed E-state index contributed by atoms with van der Waals surface area (Å²) in [5.74, 6) is -1.80. The molecule has 1 aliphatic rings. The zero-order valence-corrected chi connectivity index (χ0v) is 11.7. The highest BCUT2D eigenvalue weighted by molar-refractivity contribution is 6.06. The number of hydrogen-bond acceptors (Lipinski definition) is 4. The lowest BCUT2D eigenvalue weighted by Crippen LogP contribution is -2.33. The Balaban J connectivity index is 2.30. The van der Waals surface area contributed by atoms with Gasteiger partial charge in [-0.25, -0.2) is 4.39 Å². The van der Waals surface area contributed by atoms with Crippen molar-refractivity contribution in [1.82, 2.24) is 4.90 Å². The Bertz CT molecular complexity index is 615. The second-order valence-electron chi connectivity index (χ2n) is 5.44. The molecule has 1 unspecified atom stereocenters. The molecule has 112 valence electrons. The van der Waals surface area contributed by atoms with Crippen molar-refractivity contribution < 1.29 is 18.9 Å². The number of nitro benzene ring substituents is 1. The number of carbonyl (C=O) groups excluding carboxylic acids is 2. The van der Waals surface area contributed by atoms with Crippen molar-refractivity contribution >= 4 is 17.5 Å². The van der Waals surface area contributed by atoms with Gasteiger partial charge >= 0.3 is 0 Å². The third-order valence-electron chi connectivity index (χ3n) is 3.73. The molecule has 1 heterocycles. The molecular formula is C14H15FN2O4. The Hall–Kier alpha value is -2.31. The molecule has 6 nitrogen and oxygen atoms in total. The van der Waals surface area contributed by atoms with E-state index in [1.54, 1.807) is 0 Å². The molecule has 0 aromatic heterocycles. The van der Waals surface area contributed by atoms with Crippen molar-refractivity contribution in [2.75, 3.05) is 6.54 Å². The highest BCUT2D eigenvalue weighted by Gasteiger charge is 2.36. The molecule has 7 heteroatoms. The first-order valence-corrected chi connectivity index (χ1v) is 6.60. The highest BCUT2D eigenvalue weighted by Crippen LogP contribution is 2.27. The van der Waals surface area contributed by atoms with E-state index in [1.165, 1.54) is 0 Å². The van der Waals surface area contributed by atoms with E-state index in [0.717, 1.165) is 23.1 Å². The first-order chi connectivity index (χ1) is 9.81. The van der Waals surface area contributed by atoms with E-state index < -0.39 is 22.2 Å². The third kappa shape index (κ3) is 2.91. The Morgan fingerprint density at radius 2 is 2.14 bits per heavy atom. The van der Waals surface area contributed by atoms with Gasteiger partial charge in [0.2, 0.25) is 5.91 Å². The topological polar surface area (TPSA) is 80.5 Å². The van der Waals surface area contributed by atoms with Crippen LogP contribution in [0.1, 0.15) is 30.6 Å². The fourth-order valence-corrected chi connectivity index (χ4v) is 2.31. The third-order valence-corrected chi connectivity index (χ3v) is 3.73. The van der Waals surface area contributed by atoms with Crippen LogP contribution in [0.25, 0.3) is 0 Å². The van der Waals surface area contributed by atoms with Gasteiger partial charge in [-0.05, 0) is 17.9 Å². The zero-order chi connectivity index (χ0) is 15.7. The van der Waals surface area contributed by atoms with Crippen LogP contribution in [0.5, 0.6) is 0 Å². The van der Waals surface area contributed by atoms with E-state index in [2.05, 4.69) is 0 Å². The lowest BCUT2D eigenvalue weighted by Gasteiger charge is -2.16. The summed E-state index contributed by atoms with van der Waals surface area (Å²) >= 11 is 0. The predicted octanol–water partition coefficient (Wildman–Crippen LogP) is 2.38. The van der Waals surface area contributed by atoms with Gasteiger partial charge in [-0.2, -0.15) is 0 Å². The number of hydrogen-bond donors (Lipinski definition) is 0. The molecule has 2 amide bonds. The summed E-state index contributed by atoms with van der Waals surface area (Å²) in [5, 5.41) is 10.7. The summed E-state index contributed by atoms with van der Waals surface area (Å²) < 4.78 is 13.7. The maximum absolute atomic E-state index is 13.7. The number of likely N-dealkylation sites (tertiary alicyclic amines) is 1. The summed E-state index contributed by atoms with van der Waals surface area (Å²) in [5.41, 5.74) is -0.825. The molecule has 0 bridgehead atoms. The van der Waals surface area contributed by atoms with Crippen LogP contribution in [0.3, 0.4) is 0 Å². The minimum Gasteiger partial charge on any atom is -0.278 e. The van der Waals surface area contributed by atoms with Crippen LogP contribution in [-0.4, -0.2) is 28.2 Å². The van der Waals surface area contributed by atoms with Crippen molar-refractivity contribution in [3.63, 3.8) is 0 Å². The number of imide groups is 1. The summed E-state index contributed by atoms with van der Waals surface area (Å²) in [6.07, 6.45) is 0.236. The van der Waals surface area contributed by atoms with E-state index in [0.29, 0.717) is 0 Å². The minimum absolute atomic E-state index is 0.0307. The van der Waals surface area contributed by atoms with Crippen LogP contribution in [-0.2, 0) is 4.79 Å². The van der Waals surface area contributed by atoms with Gasteiger partial charge in [0.15, 0.2) is 0 Å². The lowest BCUT2D eigenvalue weighted by atomic mass is 9.95. The molecule has 2 rings (SSSR count). The Labute approximate surface area is 120 Å². The molecule has 1 saturated heterocycles. The van der Waals surface area contributed by atoms with Crippen molar-refractivity contribution in [3.8, 4) is 0 Å². The number of nitro groups is 1. The first-order valence-electron chi connectivity index (χ1n) is 6.60. The predicted molar refractivity (Wildman–Crippen MR) is 72.0 cm³/mol. The second-order valence-corrected chi connectivity index (χ2v) is 5.44. The molecule has 1 atom stereocenters. The first kappa shape index (κ1) is 15.1. The van der Waals surface area contributed by atoms with Gasteiger partial charge in [-0.15, -0.1) is 0 Å². The molecule has 0 saturated carbocycles. The summed E-state index contributed by atoms with van der Waals surface area (Å²) in [6, 6.07) is 2.72. The van der Waals surface area contributed by atoms with Gasteiger partial charge in [0.1, 0.15) is 5.82 Å². The number of halogens is 1. The quantitative estimate of drug-likeness (QED) is 0.487. The molecule has 0 aliphatic carbocycles. The van der Waals surface area contributed by atoms with Gasteiger partial charge in [0.25, 0.3) is 11.6 Å². The second kappa shape index (κ2) is 5.59. The number of rotatable bonds is 3. The van der Waals surface area contributed by atoms with Gasteiger partial charge in [0, 0.05) is 25.1 Å². The van der Waals surface area contributed by atoms with Crippen molar-refractivity contribution in [2.24, 2.45) is 11.8 Å². The SMILES string of the molecule is CC(C)C1CC(=O)N(C(=O)c2cc([N+](=O)[O-])ccc2F)C1. The molecule has 0 spiro atoms. The largest absolute Gasteiger partial charge is 0.278 e. The van der Waals surface area contributed by atoms with Crippen molar-refractivity contribution in [3.05, 3.63) is 39.7 Å². The number of benzene rings is 1. The number of nitrogens with zero attached hydrogens (tertiary/aromatic N) is 2. The Morgan fingerprint density at radius 3 is 2.67 bits per heavy atom. The van der Waals surface area contributed by atoms with Crippen LogP contribution < -0.4 is 0 Å². The highest BCUT2D eigenvalue weighted by atomic mass is 19.1. The van der Waals surface area contributed by atoms with Crippen LogP contribution in [0, 0.1) is 27.8 Å². The number of carbonyl (C=O) groups is 2. The lowest BCUT2D eigenvalue weighted by molar-refractivity contribution is -0.384. The molecule has 0 N–H and O–H groups in total. The van der Waals surface area contributed by atoms with Crippen molar-refractivity contribution in [1.29, 1.82) is 0 Å². The number of non-ortho nitro benzene ring substituents is 1. The summed E-state index contributed by atoms with van der Waals surface area (Å²) in [4.78, 5) is 35.1. The maximum atomic E-state index is 13.7. The Morgan fingerprint density at radius 1 is 1.48 bits per heavy atom. The maximum Gasteiger partial charge on any atom is 0.270 e. The van der Waals surface area contributed by atoms with Gasteiger partial charge in [-0.1, -0.05) is 13.8 Å². The average Bonchev–Trinajstić information content (AvgIpc) is 2.80. The molecule has 1 aliphatic heterocycles. The van der Waals surface area contributed by atoms with E-state index in [1.807, 2.05) is 13.8 Å². The fourth-order valence-electron chi connectivity index (χ4n) is 2.31. The molecule has 1 aromatic rings. The number of amides is 2. The van der Waals surface area contributed by atoms with E-state index in [9.17, 15) is 24.1 Å². The van der Waals surface area contributed by atoms with Gasteiger partial charge < -0.3 is 0 Å². The summed E-state index contributed by atoms with van der Waals surface area (Å²) in [6.45, 7) is 4.11. The van der Waals surface area contributed by atoms with Crippen molar-refractivity contribution in [2.45, 2.75) is 20.3 Å². The summed E-state index contributed by atoms with van der Waals surface area (Å²) in [7, 11) is 0. The minimum atomic E-state index is -0.869. The average molecular weight is 294 g/mol. The normalized spacial score (nSPS) is 18.4. The molecular weight excluding hydrogens is 279 g/mol. The van der Waals surface area contributed by atoms with Gasteiger partial charge in [0.05, 0.1) is 10.5 Å². The van der Waals surface area contributed by atoms with Crippen LogP contribution in [0.4, 0.5) is 10.1 Å². The van der Waals surface area contributed by atoms with E-state index >= 15 is 0 Å². The smallest absolute Gasteiger partial charge is 0.270 e. The fraction of sp³-hybridized carbons (Fsp3) is 0.429. The molecule has 1 aromatic carbocycles. The van der Waals surface area contributed by atoms with Crippen LogP contribution in [0.2, 0.25) is 0 Å².